The Kier molecular flexibility index (Phi) is 5.92. The molecule has 2 saturated heterocycles. The summed E-state index contributed by atoms with van der Waals surface area (Å²) in [6.45, 7) is 6.65. The van der Waals surface area contributed by atoms with Gasteiger partial charge in [-0.25, -0.2) is 4.79 Å². The molecule has 0 radical (unpaired) electrons. The molecule has 0 aromatic heterocycles. The molecule has 2 fully saturated rings. The Morgan fingerprint density at radius 3 is 2.79 bits per heavy atom. The van der Waals surface area contributed by atoms with E-state index in [-0.39, 0.29) is 12.1 Å². The van der Waals surface area contributed by atoms with E-state index < -0.39 is 0 Å². The van der Waals surface area contributed by atoms with Gasteiger partial charge in [-0.2, -0.15) is 0 Å². The van der Waals surface area contributed by atoms with Crippen LogP contribution in [0.25, 0.3) is 0 Å². The monoisotopic (exact) mass is 269 g/mol. The third kappa shape index (κ3) is 4.66. The van der Waals surface area contributed by atoms with Crippen molar-refractivity contribution in [3.8, 4) is 0 Å². The topological polar surface area (TPSA) is 53.6 Å². The summed E-state index contributed by atoms with van der Waals surface area (Å²) in [6, 6.07) is 0.448. The van der Waals surface area contributed by atoms with Crippen LogP contribution in [0.4, 0.5) is 4.79 Å². The fourth-order valence-corrected chi connectivity index (χ4v) is 2.99. The molecule has 2 aliphatic rings. The van der Waals surface area contributed by atoms with Crippen molar-refractivity contribution in [2.45, 2.75) is 51.2 Å². The van der Waals surface area contributed by atoms with Crippen molar-refractivity contribution in [2.75, 3.05) is 32.8 Å². The molecular formula is C14H27N3O2. The average Bonchev–Trinajstić information content (AvgIpc) is 2.96. The van der Waals surface area contributed by atoms with Crippen molar-refractivity contribution in [1.82, 2.24) is 15.5 Å². The van der Waals surface area contributed by atoms with Crippen LogP contribution in [0.1, 0.15) is 39.0 Å². The van der Waals surface area contributed by atoms with E-state index in [9.17, 15) is 4.79 Å². The number of carbonyl (C=O) groups excluding carboxylic acids is 1. The number of likely N-dealkylation sites (N-methyl/N-ethyl adjacent to an activating group) is 1. The van der Waals surface area contributed by atoms with Gasteiger partial charge < -0.3 is 15.4 Å². The van der Waals surface area contributed by atoms with Gasteiger partial charge in [0, 0.05) is 25.7 Å². The largest absolute Gasteiger partial charge is 0.376 e. The summed E-state index contributed by atoms with van der Waals surface area (Å²) in [4.78, 5) is 14.2. The van der Waals surface area contributed by atoms with E-state index in [4.69, 9.17) is 4.74 Å². The highest BCUT2D eigenvalue weighted by molar-refractivity contribution is 5.73. The summed E-state index contributed by atoms with van der Waals surface area (Å²) >= 11 is 0. The summed E-state index contributed by atoms with van der Waals surface area (Å²) in [5.41, 5.74) is 0. The van der Waals surface area contributed by atoms with Gasteiger partial charge in [0.05, 0.1) is 6.10 Å². The number of amides is 2. The molecule has 0 saturated carbocycles. The lowest BCUT2D eigenvalue weighted by atomic mass is 10.0. The van der Waals surface area contributed by atoms with Crippen LogP contribution in [-0.4, -0.2) is 55.9 Å². The number of likely N-dealkylation sites (tertiary alicyclic amines) is 1. The minimum Gasteiger partial charge on any atom is -0.376 e. The van der Waals surface area contributed by atoms with Crippen molar-refractivity contribution in [3.63, 3.8) is 0 Å². The highest BCUT2D eigenvalue weighted by Crippen LogP contribution is 2.15. The fraction of sp³-hybridized carbons (Fsp3) is 0.929. The molecule has 0 aromatic carbocycles. The van der Waals surface area contributed by atoms with Gasteiger partial charge in [0.15, 0.2) is 0 Å². The lowest BCUT2D eigenvalue weighted by Crippen LogP contribution is -2.49. The third-order valence-corrected chi connectivity index (χ3v) is 4.17. The van der Waals surface area contributed by atoms with Crippen molar-refractivity contribution in [2.24, 2.45) is 0 Å². The van der Waals surface area contributed by atoms with Crippen LogP contribution in [-0.2, 0) is 4.74 Å². The Balaban J connectivity index is 1.61. The number of rotatable bonds is 5. The molecule has 5 nitrogen and oxygen atoms in total. The molecule has 19 heavy (non-hydrogen) atoms. The number of nitrogens with one attached hydrogen (secondary N) is 2. The molecule has 0 aliphatic carbocycles. The Hall–Kier alpha value is -0.810. The lowest BCUT2D eigenvalue weighted by Gasteiger charge is -2.34. The molecule has 0 spiro atoms. The molecule has 5 heteroatoms. The Labute approximate surface area is 116 Å². The van der Waals surface area contributed by atoms with Gasteiger partial charge in [-0.1, -0.05) is 13.3 Å². The van der Waals surface area contributed by atoms with Gasteiger partial charge in [0.1, 0.15) is 0 Å². The van der Waals surface area contributed by atoms with Crippen molar-refractivity contribution >= 4 is 6.03 Å². The molecule has 2 heterocycles. The van der Waals surface area contributed by atoms with Crippen LogP contribution < -0.4 is 10.6 Å². The second kappa shape index (κ2) is 7.70. The Morgan fingerprint density at radius 1 is 1.21 bits per heavy atom. The third-order valence-electron chi connectivity index (χ3n) is 4.17. The van der Waals surface area contributed by atoms with Gasteiger partial charge >= 0.3 is 6.03 Å². The van der Waals surface area contributed by atoms with E-state index in [2.05, 4.69) is 22.5 Å². The van der Waals surface area contributed by atoms with E-state index in [0.717, 1.165) is 32.5 Å². The molecule has 0 aromatic rings. The zero-order valence-corrected chi connectivity index (χ0v) is 12.0. The van der Waals surface area contributed by atoms with Gasteiger partial charge in [0.25, 0.3) is 0 Å². The molecule has 2 amide bonds. The number of hydrogen-bond acceptors (Lipinski definition) is 3. The van der Waals surface area contributed by atoms with E-state index in [1.165, 1.54) is 25.8 Å². The first kappa shape index (κ1) is 14.6. The average molecular weight is 269 g/mol. The molecule has 110 valence electrons. The molecule has 0 unspecified atom stereocenters. The van der Waals surface area contributed by atoms with E-state index in [1.54, 1.807) is 0 Å². The first-order valence-electron chi connectivity index (χ1n) is 7.67. The van der Waals surface area contributed by atoms with Gasteiger partial charge in [-0.05, 0) is 38.8 Å². The van der Waals surface area contributed by atoms with Crippen molar-refractivity contribution in [1.29, 1.82) is 0 Å². The minimum absolute atomic E-state index is 0.0582. The maximum Gasteiger partial charge on any atom is 0.314 e. The Bertz CT molecular complexity index is 280. The predicted octanol–water partition coefficient (Wildman–Crippen LogP) is 1.34. The van der Waals surface area contributed by atoms with Crippen LogP contribution in [0.3, 0.4) is 0 Å². The molecule has 2 aliphatic heterocycles. The minimum atomic E-state index is -0.0582. The van der Waals surface area contributed by atoms with E-state index in [0.29, 0.717) is 12.6 Å². The van der Waals surface area contributed by atoms with Crippen LogP contribution >= 0.6 is 0 Å². The molecule has 2 rings (SSSR count). The zero-order valence-electron chi connectivity index (χ0n) is 12.0. The quantitative estimate of drug-likeness (QED) is 0.792. The second-order valence-corrected chi connectivity index (χ2v) is 5.50. The lowest BCUT2D eigenvalue weighted by molar-refractivity contribution is 0.111. The highest BCUT2D eigenvalue weighted by atomic mass is 16.5. The van der Waals surface area contributed by atoms with Crippen LogP contribution in [0.5, 0.6) is 0 Å². The number of hydrogen-bond donors (Lipinski definition) is 2. The van der Waals surface area contributed by atoms with Gasteiger partial charge in [0.2, 0.25) is 0 Å². The standard InChI is InChI=1S/C14H27N3O2/c1-2-17-8-4-3-6-12(17)10-15-14(18)16-11-13-7-5-9-19-13/h12-13H,2-11H2,1H3,(H2,15,16,18)/t12-,13-/m1/s1. The summed E-state index contributed by atoms with van der Waals surface area (Å²) in [5.74, 6) is 0. The number of carbonyl (C=O) groups is 1. The van der Waals surface area contributed by atoms with E-state index >= 15 is 0 Å². The SMILES string of the molecule is CCN1CCCC[C@@H]1CNC(=O)NC[C@H]1CCCO1. The van der Waals surface area contributed by atoms with Crippen LogP contribution in [0.15, 0.2) is 0 Å². The first-order chi connectivity index (χ1) is 9.29. The molecule has 2 N–H and O–H groups in total. The van der Waals surface area contributed by atoms with Crippen molar-refractivity contribution < 1.29 is 9.53 Å². The summed E-state index contributed by atoms with van der Waals surface area (Å²) in [7, 11) is 0. The van der Waals surface area contributed by atoms with E-state index in [1.807, 2.05) is 0 Å². The van der Waals surface area contributed by atoms with Crippen LogP contribution in [0, 0.1) is 0 Å². The maximum atomic E-state index is 11.7. The van der Waals surface area contributed by atoms with Crippen LogP contribution in [0.2, 0.25) is 0 Å². The van der Waals surface area contributed by atoms with Gasteiger partial charge in [-0.15, -0.1) is 0 Å². The normalized spacial score (nSPS) is 28.3. The summed E-state index contributed by atoms with van der Waals surface area (Å²) in [5, 5.41) is 5.90. The number of urea groups is 1. The maximum absolute atomic E-state index is 11.7. The predicted molar refractivity (Wildman–Crippen MR) is 75.3 cm³/mol. The number of nitrogens with zero attached hydrogens (tertiary/aromatic N) is 1. The fourth-order valence-electron chi connectivity index (χ4n) is 2.99. The molecule has 0 bridgehead atoms. The molecular weight excluding hydrogens is 242 g/mol. The Morgan fingerprint density at radius 2 is 2.05 bits per heavy atom. The highest BCUT2D eigenvalue weighted by Gasteiger charge is 2.21. The smallest absolute Gasteiger partial charge is 0.314 e. The summed E-state index contributed by atoms with van der Waals surface area (Å²) < 4.78 is 5.48. The van der Waals surface area contributed by atoms with Crippen molar-refractivity contribution in [3.05, 3.63) is 0 Å². The van der Waals surface area contributed by atoms with Gasteiger partial charge in [-0.3, -0.25) is 4.90 Å². The second-order valence-electron chi connectivity index (χ2n) is 5.50. The molecule has 2 atom stereocenters. The zero-order chi connectivity index (χ0) is 13.5. The summed E-state index contributed by atoms with van der Waals surface area (Å²) in [6.07, 6.45) is 6.15. The number of piperidine rings is 1. The number of ether oxygens (including phenoxy) is 1. The first-order valence-corrected chi connectivity index (χ1v) is 7.67.